The Kier molecular flexibility index (Phi) is 3.66. The highest BCUT2D eigenvalue weighted by molar-refractivity contribution is 6.31. The molecule has 0 amide bonds. The number of hydrogen-bond donors (Lipinski definition) is 1. The van der Waals surface area contributed by atoms with Gasteiger partial charge in [-0.3, -0.25) is 0 Å². The number of benzene rings is 1. The minimum absolute atomic E-state index is 0.606. The summed E-state index contributed by atoms with van der Waals surface area (Å²) in [5, 5.41) is 0.714. The normalized spacial score (nSPS) is 11.6. The van der Waals surface area contributed by atoms with Gasteiger partial charge in [-0.2, -0.15) is 0 Å². The molecule has 0 unspecified atom stereocenters. The van der Waals surface area contributed by atoms with Crippen molar-refractivity contribution in [2.45, 2.75) is 13.1 Å². The summed E-state index contributed by atoms with van der Waals surface area (Å²) in [6.45, 7) is 2.18. The molecule has 2 rings (SSSR count). The second-order valence-corrected chi connectivity index (χ2v) is 4.78. The van der Waals surface area contributed by atoms with Crippen LogP contribution in [0.3, 0.4) is 0 Å². The number of nitrogens with zero attached hydrogens (tertiary/aromatic N) is 3. The van der Waals surface area contributed by atoms with Gasteiger partial charge < -0.3 is 15.2 Å². The van der Waals surface area contributed by atoms with Crippen LogP contribution in [0.1, 0.15) is 5.82 Å². The molecule has 0 radical (unpaired) electrons. The molecule has 4 nitrogen and oxygen atoms in total. The fourth-order valence-electron chi connectivity index (χ4n) is 1.93. The van der Waals surface area contributed by atoms with E-state index in [1.165, 1.54) is 0 Å². The molecule has 17 heavy (non-hydrogen) atoms. The van der Waals surface area contributed by atoms with E-state index in [0.717, 1.165) is 29.9 Å². The van der Waals surface area contributed by atoms with Crippen molar-refractivity contribution in [2.24, 2.45) is 5.73 Å². The lowest BCUT2D eigenvalue weighted by atomic mass is 10.3. The molecule has 0 spiro atoms. The summed E-state index contributed by atoms with van der Waals surface area (Å²) in [6, 6.07) is 5.78. The average Bonchev–Trinajstić information content (AvgIpc) is 2.55. The fourth-order valence-corrected chi connectivity index (χ4v) is 2.10. The van der Waals surface area contributed by atoms with Crippen LogP contribution in [0.4, 0.5) is 0 Å². The van der Waals surface area contributed by atoms with Crippen molar-refractivity contribution < 1.29 is 0 Å². The van der Waals surface area contributed by atoms with Gasteiger partial charge in [-0.15, -0.1) is 0 Å². The summed E-state index contributed by atoms with van der Waals surface area (Å²) in [5.74, 6) is 1.03. The first-order chi connectivity index (χ1) is 8.11. The van der Waals surface area contributed by atoms with Gasteiger partial charge in [-0.25, -0.2) is 4.98 Å². The summed E-state index contributed by atoms with van der Waals surface area (Å²) in [7, 11) is 4.05. The summed E-state index contributed by atoms with van der Waals surface area (Å²) in [6.07, 6.45) is 0. The van der Waals surface area contributed by atoms with Crippen LogP contribution in [-0.4, -0.2) is 35.1 Å². The van der Waals surface area contributed by atoms with E-state index < -0.39 is 0 Å². The van der Waals surface area contributed by atoms with Gasteiger partial charge in [0, 0.05) is 18.1 Å². The van der Waals surface area contributed by atoms with Crippen LogP contribution in [0.15, 0.2) is 18.2 Å². The molecule has 0 saturated carbocycles. The van der Waals surface area contributed by atoms with Crippen molar-refractivity contribution in [3.05, 3.63) is 29.0 Å². The Bertz CT molecular complexity index is 518. The zero-order valence-corrected chi connectivity index (χ0v) is 10.9. The third-order valence-electron chi connectivity index (χ3n) is 2.60. The maximum atomic E-state index is 5.98. The largest absolute Gasteiger partial charge is 0.329 e. The first kappa shape index (κ1) is 12.4. The number of rotatable bonds is 4. The molecular formula is C12H17ClN4. The van der Waals surface area contributed by atoms with Crippen molar-refractivity contribution in [3.8, 4) is 0 Å². The third-order valence-corrected chi connectivity index (χ3v) is 2.83. The standard InChI is InChI=1S/C12H17ClN4/c1-16(2)8-12-15-10-7-9(13)3-4-11(10)17(12)6-5-14/h3-4,7H,5-6,8,14H2,1-2H3. The first-order valence-corrected chi connectivity index (χ1v) is 5.99. The average molecular weight is 253 g/mol. The Balaban J connectivity index is 2.53. The van der Waals surface area contributed by atoms with Gasteiger partial charge in [-0.1, -0.05) is 11.6 Å². The lowest BCUT2D eigenvalue weighted by Gasteiger charge is -2.11. The minimum atomic E-state index is 0.606. The Morgan fingerprint density at radius 2 is 2.18 bits per heavy atom. The van der Waals surface area contributed by atoms with Gasteiger partial charge in [0.25, 0.3) is 0 Å². The Hall–Kier alpha value is -1.10. The van der Waals surface area contributed by atoms with Crippen molar-refractivity contribution >= 4 is 22.6 Å². The lowest BCUT2D eigenvalue weighted by molar-refractivity contribution is 0.382. The molecule has 92 valence electrons. The van der Waals surface area contributed by atoms with Gasteiger partial charge in [0.05, 0.1) is 17.6 Å². The van der Waals surface area contributed by atoms with Gasteiger partial charge in [0.15, 0.2) is 0 Å². The zero-order chi connectivity index (χ0) is 12.4. The van der Waals surface area contributed by atoms with E-state index in [0.29, 0.717) is 11.6 Å². The lowest BCUT2D eigenvalue weighted by Crippen LogP contribution is -2.18. The van der Waals surface area contributed by atoms with Crippen LogP contribution >= 0.6 is 11.6 Å². The van der Waals surface area contributed by atoms with Crippen molar-refractivity contribution in [1.29, 1.82) is 0 Å². The van der Waals surface area contributed by atoms with Gasteiger partial charge in [0.1, 0.15) is 5.82 Å². The molecule has 0 fully saturated rings. The molecular weight excluding hydrogens is 236 g/mol. The molecule has 0 aliphatic rings. The van der Waals surface area contributed by atoms with Crippen LogP contribution in [-0.2, 0) is 13.1 Å². The highest BCUT2D eigenvalue weighted by Crippen LogP contribution is 2.21. The number of halogens is 1. The highest BCUT2D eigenvalue weighted by Gasteiger charge is 2.10. The summed E-state index contributed by atoms with van der Waals surface area (Å²) in [4.78, 5) is 6.71. The predicted molar refractivity (Wildman–Crippen MR) is 71.2 cm³/mol. The van der Waals surface area contributed by atoms with Crippen molar-refractivity contribution in [3.63, 3.8) is 0 Å². The monoisotopic (exact) mass is 252 g/mol. The molecule has 0 aliphatic carbocycles. The van der Waals surface area contributed by atoms with Crippen molar-refractivity contribution in [1.82, 2.24) is 14.5 Å². The second kappa shape index (κ2) is 5.04. The maximum absolute atomic E-state index is 5.98. The van der Waals surface area contributed by atoms with E-state index in [4.69, 9.17) is 17.3 Å². The minimum Gasteiger partial charge on any atom is -0.329 e. The molecule has 0 saturated heterocycles. The third kappa shape index (κ3) is 2.60. The Labute approximate surface area is 106 Å². The molecule has 2 N–H and O–H groups in total. The molecule has 5 heteroatoms. The second-order valence-electron chi connectivity index (χ2n) is 4.34. The summed E-state index contributed by atoms with van der Waals surface area (Å²) in [5.41, 5.74) is 7.68. The van der Waals surface area contributed by atoms with Gasteiger partial charge >= 0.3 is 0 Å². The van der Waals surface area contributed by atoms with Gasteiger partial charge in [-0.05, 0) is 32.3 Å². The summed E-state index contributed by atoms with van der Waals surface area (Å²) < 4.78 is 2.16. The maximum Gasteiger partial charge on any atom is 0.124 e. The fraction of sp³-hybridized carbons (Fsp3) is 0.417. The number of fused-ring (bicyclic) bond motifs is 1. The number of hydrogen-bond acceptors (Lipinski definition) is 3. The number of aromatic nitrogens is 2. The Morgan fingerprint density at radius 1 is 1.41 bits per heavy atom. The summed E-state index contributed by atoms with van der Waals surface area (Å²) >= 11 is 5.98. The van der Waals surface area contributed by atoms with Crippen LogP contribution in [0.5, 0.6) is 0 Å². The first-order valence-electron chi connectivity index (χ1n) is 5.61. The molecule has 1 aromatic heterocycles. The molecule has 0 bridgehead atoms. The molecule has 0 aliphatic heterocycles. The van der Waals surface area contributed by atoms with E-state index in [1.54, 1.807) is 0 Å². The highest BCUT2D eigenvalue weighted by atomic mass is 35.5. The van der Waals surface area contributed by atoms with E-state index in [1.807, 2.05) is 32.3 Å². The molecule has 1 heterocycles. The van der Waals surface area contributed by atoms with Crippen molar-refractivity contribution in [2.75, 3.05) is 20.6 Å². The predicted octanol–water partition coefficient (Wildman–Crippen LogP) is 1.71. The number of nitrogens with two attached hydrogens (primary N) is 1. The van der Waals surface area contributed by atoms with Gasteiger partial charge in [0.2, 0.25) is 0 Å². The van der Waals surface area contributed by atoms with E-state index in [9.17, 15) is 0 Å². The molecule has 1 aromatic carbocycles. The zero-order valence-electron chi connectivity index (χ0n) is 10.2. The van der Waals surface area contributed by atoms with E-state index in [2.05, 4.69) is 14.5 Å². The number of imidazole rings is 1. The van der Waals surface area contributed by atoms with Crippen LogP contribution in [0.2, 0.25) is 5.02 Å². The van der Waals surface area contributed by atoms with E-state index in [-0.39, 0.29) is 0 Å². The van der Waals surface area contributed by atoms with Crippen LogP contribution in [0.25, 0.3) is 11.0 Å². The van der Waals surface area contributed by atoms with Crippen LogP contribution < -0.4 is 5.73 Å². The smallest absolute Gasteiger partial charge is 0.124 e. The quantitative estimate of drug-likeness (QED) is 0.901. The topological polar surface area (TPSA) is 47.1 Å². The van der Waals surface area contributed by atoms with Crippen LogP contribution in [0, 0.1) is 0 Å². The SMILES string of the molecule is CN(C)Cc1nc2cc(Cl)ccc2n1CCN. The molecule has 2 aromatic rings. The molecule has 0 atom stereocenters. The van der Waals surface area contributed by atoms with E-state index >= 15 is 0 Å². The Morgan fingerprint density at radius 3 is 2.82 bits per heavy atom.